The predicted octanol–water partition coefficient (Wildman–Crippen LogP) is 4.31. The smallest absolute Gasteiger partial charge is 0.222 e. The van der Waals surface area contributed by atoms with Crippen molar-refractivity contribution in [3.05, 3.63) is 65.5 Å². The fourth-order valence-electron chi connectivity index (χ4n) is 2.72. The van der Waals surface area contributed by atoms with Crippen molar-refractivity contribution in [1.29, 1.82) is 0 Å². The molecule has 0 N–H and O–H groups in total. The number of benzene rings is 2. The van der Waals surface area contributed by atoms with Gasteiger partial charge in [-0.2, -0.15) is 0 Å². The molecule has 4 heteroatoms. The molecule has 0 aromatic heterocycles. The summed E-state index contributed by atoms with van der Waals surface area (Å²) in [7, 11) is 0. The highest BCUT2D eigenvalue weighted by atomic mass is 19.1. The second kappa shape index (κ2) is 7.47. The number of carbonyl (C=O) groups is 1. The van der Waals surface area contributed by atoms with Crippen LogP contribution in [0.25, 0.3) is 0 Å². The molecule has 0 aliphatic heterocycles. The lowest BCUT2D eigenvalue weighted by atomic mass is 10.2. The Labute approximate surface area is 142 Å². The highest BCUT2D eigenvalue weighted by Gasteiger charge is 2.31. The van der Waals surface area contributed by atoms with Crippen LogP contribution in [0.4, 0.5) is 4.39 Å². The van der Waals surface area contributed by atoms with Gasteiger partial charge in [-0.25, -0.2) is 4.39 Å². The Morgan fingerprint density at radius 2 is 2.00 bits per heavy atom. The van der Waals surface area contributed by atoms with Crippen molar-refractivity contribution in [2.24, 2.45) is 0 Å². The van der Waals surface area contributed by atoms with Crippen LogP contribution in [0.5, 0.6) is 5.75 Å². The quantitative estimate of drug-likeness (QED) is 0.758. The molecule has 3 rings (SSSR count). The average molecular weight is 327 g/mol. The summed E-state index contributed by atoms with van der Waals surface area (Å²) in [6.45, 7) is 2.69. The number of halogens is 1. The third-order valence-electron chi connectivity index (χ3n) is 4.21. The predicted molar refractivity (Wildman–Crippen MR) is 91.0 cm³/mol. The zero-order valence-corrected chi connectivity index (χ0v) is 13.9. The van der Waals surface area contributed by atoms with E-state index in [1.54, 1.807) is 18.2 Å². The van der Waals surface area contributed by atoms with Gasteiger partial charge < -0.3 is 9.64 Å². The summed E-state index contributed by atoms with van der Waals surface area (Å²) in [6, 6.07) is 14.7. The Morgan fingerprint density at radius 3 is 2.71 bits per heavy atom. The maximum Gasteiger partial charge on any atom is 0.222 e. The molecule has 1 aliphatic carbocycles. The summed E-state index contributed by atoms with van der Waals surface area (Å²) < 4.78 is 19.4. The second-order valence-electron chi connectivity index (χ2n) is 6.13. The minimum atomic E-state index is -0.262. The van der Waals surface area contributed by atoms with E-state index in [1.165, 1.54) is 6.07 Å². The van der Waals surface area contributed by atoms with E-state index in [-0.39, 0.29) is 18.3 Å². The zero-order valence-electron chi connectivity index (χ0n) is 13.9. The first kappa shape index (κ1) is 16.5. The summed E-state index contributed by atoms with van der Waals surface area (Å²) in [5.74, 6) is 0.618. The Kier molecular flexibility index (Phi) is 5.14. The molecule has 1 aliphatic rings. The molecule has 2 aromatic carbocycles. The number of hydrogen-bond donors (Lipinski definition) is 0. The Bertz CT molecular complexity index is 712. The van der Waals surface area contributed by atoms with Crippen LogP contribution in [0.1, 0.15) is 37.3 Å². The first-order valence-electron chi connectivity index (χ1n) is 8.42. The number of ether oxygens (including phenoxy) is 1. The Morgan fingerprint density at radius 1 is 1.21 bits per heavy atom. The van der Waals surface area contributed by atoms with Crippen LogP contribution in [0.3, 0.4) is 0 Å². The lowest BCUT2D eigenvalue weighted by molar-refractivity contribution is -0.132. The van der Waals surface area contributed by atoms with Crippen LogP contribution < -0.4 is 4.74 Å². The van der Waals surface area contributed by atoms with Gasteiger partial charge in [0.2, 0.25) is 5.91 Å². The van der Waals surface area contributed by atoms with Gasteiger partial charge in [-0.1, -0.05) is 37.3 Å². The van der Waals surface area contributed by atoms with Gasteiger partial charge in [0.05, 0.1) is 0 Å². The number of nitrogens with zero attached hydrogens (tertiary/aromatic N) is 1. The van der Waals surface area contributed by atoms with E-state index in [0.29, 0.717) is 30.3 Å². The second-order valence-corrected chi connectivity index (χ2v) is 6.13. The number of amides is 1. The average Bonchev–Trinajstić information content (AvgIpc) is 3.43. The standard InChI is InChI=1S/C20H22FNO2/c1-2-20(23)22(17-10-11-17)13-15-6-5-8-18(12-15)24-14-16-7-3-4-9-19(16)21/h3-9,12,17H,2,10-11,13-14H2,1H3. The monoisotopic (exact) mass is 327 g/mol. The fourth-order valence-corrected chi connectivity index (χ4v) is 2.72. The van der Waals surface area contributed by atoms with Gasteiger partial charge in [0.15, 0.2) is 0 Å². The Balaban J connectivity index is 1.65. The van der Waals surface area contributed by atoms with E-state index in [1.807, 2.05) is 36.1 Å². The molecule has 0 unspecified atom stereocenters. The normalized spacial score (nSPS) is 13.6. The van der Waals surface area contributed by atoms with Gasteiger partial charge in [0.25, 0.3) is 0 Å². The van der Waals surface area contributed by atoms with Crippen LogP contribution >= 0.6 is 0 Å². The SMILES string of the molecule is CCC(=O)N(Cc1cccc(OCc2ccccc2F)c1)C1CC1. The molecule has 0 spiro atoms. The summed E-state index contributed by atoms with van der Waals surface area (Å²) in [4.78, 5) is 14.0. The van der Waals surface area contributed by atoms with Gasteiger partial charge in [0, 0.05) is 24.6 Å². The third kappa shape index (κ3) is 4.13. The first-order chi connectivity index (χ1) is 11.7. The van der Waals surface area contributed by atoms with Crippen molar-refractivity contribution in [3.8, 4) is 5.75 Å². The minimum Gasteiger partial charge on any atom is -0.489 e. The Hall–Kier alpha value is -2.36. The summed E-state index contributed by atoms with van der Waals surface area (Å²) in [5, 5.41) is 0. The molecule has 0 saturated heterocycles. The van der Waals surface area contributed by atoms with Crippen LogP contribution in [-0.4, -0.2) is 16.8 Å². The van der Waals surface area contributed by atoms with Crippen LogP contribution in [0.2, 0.25) is 0 Å². The van der Waals surface area contributed by atoms with E-state index >= 15 is 0 Å². The van der Waals surface area contributed by atoms with Crippen molar-refractivity contribution < 1.29 is 13.9 Å². The summed E-state index contributed by atoms with van der Waals surface area (Å²) in [5.41, 5.74) is 1.57. The summed E-state index contributed by atoms with van der Waals surface area (Å²) >= 11 is 0. The van der Waals surface area contributed by atoms with Crippen molar-refractivity contribution >= 4 is 5.91 Å². The van der Waals surface area contributed by atoms with Gasteiger partial charge in [-0.15, -0.1) is 0 Å². The molecule has 3 nitrogen and oxygen atoms in total. The lowest BCUT2D eigenvalue weighted by Gasteiger charge is -2.22. The van der Waals surface area contributed by atoms with E-state index in [0.717, 1.165) is 18.4 Å². The molecule has 2 aromatic rings. The molecular weight excluding hydrogens is 305 g/mol. The van der Waals surface area contributed by atoms with E-state index < -0.39 is 0 Å². The molecule has 1 saturated carbocycles. The van der Waals surface area contributed by atoms with Crippen molar-refractivity contribution in [2.75, 3.05) is 0 Å². The zero-order chi connectivity index (χ0) is 16.9. The highest BCUT2D eigenvalue weighted by molar-refractivity contribution is 5.76. The van der Waals surface area contributed by atoms with Crippen molar-refractivity contribution in [1.82, 2.24) is 4.90 Å². The minimum absolute atomic E-state index is 0.190. The molecular formula is C20H22FNO2. The number of carbonyl (C=O) groups excluding carboxylic acids is 1. The lowest BCUT2D eigenvalue weighted by Crippen LogP contribution is -2.31. The number of rotatable bonds is 7. The molecule has 0 atom stereocenters. The maximum absolute atomic E-state index is 13.6. The fraction of sp³-hybridized carbons (Fsp3) is 0.350. The molecule has 0 radical (unpaired) electrons. The first-order valence-corrected chi connectivity index (χ1v) is 8.42. The summed E-state index contributed by atoms with van der Waals surface area (Å²) in [6.07, 6.45) is 2.71. The van der Waals surface area contributed by atoms with E-state index in [4.69, 9.17) is 4.74 Å². The van der Waals surface area contributed by atoms with Gasteiger partial charge in [0.1, 0.15) is 18.2 Å². The topological polar surface area (TPSA) is 29.5 Å². The number of hydrogen-bond acceptors (Lipinski definition) is 2. The molecule has 24 heavy (non-hydrogen) atoms. The molecule has 0 bridgehead atoms. The van der Waals surface area contributed by atoms with Gasteiger partial charge >= 0.3 is 0 Å². The van der Waals surface area contributed by atoms with Crippen LogP contribution in [-0.2, 0) is 17.9 Å². The molecule has 1 fully saturated rings. The van der Waals surface area contributed by atoms with E-state index in [9.17, 15) is 9.18 Å². The third-order valence-corrected chi connectivity index (χ3v) is 4.21. The highest BCUT2D eigenvalue weighted by Crippen LogP contribution is 2.29. The largest absolute Gasteiger partial charge is 0.489 e. The van der Waals surface area contributed by atoms with E-state index in [2.05, 4.69) is 0 Å². The van der Waals surface area contributed by atoms with Crippen LogP contribution in [0, 0.1) is 5.82 Å². The van der Waals surface area contributed by atoms with Crippen molar-refractivity contribution in [2.45, 2.75) is 45.4 Å². The molecule has 0 heterocycles. The van der Waals surface area contributed by atoms with Gasteiger partial charge in [-0.05, 0) is 36.6 Å². The van der Waals surface area contributed by atoms with Crippen LogP contribution in [0.15, 0.2) is 48.5 Å². The van der Waals surface area contributed by atoms with Crippen molar-refractivity contribution in [3.63, 3.8) is 0 Å². The molecule has 126 valence electrons. The molecule has 1 amide bonds. The van der Waals surface area contributed by atoms with Gasteiger partial charge in [-0.3, -0.25) is 4.79 Å². The maximum atomic E-state index is 13.6.